The van der Waals surface area contributed by atoms with Gasteiger partial charge in [0, 0.05) is 5.25 Å². The van der Waals surface area contributed by atoms with Crippen LogP contribution in [0.4, 0.5) is 0 Å². The van der Waals surface area contributed by atoms with Crippen LogP contribution in [0.1, 0.15) is 25.7 Å². The number of aliphatic hydroxyl groups excluding tert-OH is 1. The molecule has 0 saturated heterocycles. The molecule has 1 atom stereocenters. The van der Waals surface area contributed by atoms with Crippen molar-refractivity contribution in [2.45, 2.75) is 35.5 Å². The summed E-state index contributed by atoms with van der Waals surface area (Å²) >= 11 is 1.03. The van der Waals surface area contributed by atoms with Crippen LogP contribution in [0.25, 0.3) is 0 Å². The van der Waals surface area contributed by atoms with Gasteiger partial charge in [0.25, 0.3) is 0 Å². The zero-order valence-electron chi connectivity index (χ0n) is 7.80. The largest absolute Gasteiger partial charge is 0.393 e. The average molecular weight is 241 g/mol. The number of thioether (sulfide) groups is 1. The number of hydrogen-bond donors (Lipinski definition) is 4. The molecule has 1 aliphatic carbocycles. The van der Waals surface area contributed by atoms with Gasteiger partial charge < -0.3 is 20.6 Å². The first-order valence-corrected chi connectivity index (χ1v) is 7.01. The first-order chi connectivity index (χ1) is 6.39. The molecule has 1 unspecified atom stereocenters. The predicted molar refractivity (Wildman–Crippen MR) is 55.9 cm³/mol. The highest BCUT2D eigenvalue weighted by Crippen LogP contribution is 2.55. The van der Waals surface area contributed by atoms with Crippen molar-refractivity contribution in [3.63, 3.8) is 0 Å². The number of aliphatic hydroxyl groups is 1. The van der Waals surface area contributed by atoms with Gasteiger partial charge in [-0.2, -0.15) is 0 Å². The Balaban J connectivity index is 2.65. The van der Waals surface area contributed by atoms with E-state index in [0.29, 0.717) is 0 Å². The maximum Gasteiger partial charge on any atom is 0.357 e. The van der Waals surface area contributed by atoms with Gasteiger partial charge in [0.1, 0.15) is 0 Å². The highest BCUT2D eigenvalue weighted by atomic mass is 32.2. The topological polar surface area (TPSA) is 104 Å². The molecule has 5 nitrogen and oxygen atoms in total. The lowest BCUT2D eigenvalue weighted by Crippen LogP contribution is -2.41. The molecule has 1 aliphatic rings. The Morgan fingerprint density at radius 2 is 1.93 bits per heavy atom. The smallest absolute Gasteiger partial charge is 0.357 e. The molecule has 7 heteroatoms. The van der Waals surface area contributed by atoms with E-state index in [9.17, 15) is 4.57 Å². The summed E-state index contributed by atoms with van der Waals surface area (Å²) in [7, 11) is -4.45. The van der Waals surface area contributed by atoms with Crippen LogP contribution in [0, 0.1) is 0 Å². The van der Waals surface area contributed by atoms with E-state index in [0.717, 1.165) is 37.4 Å². The zero-order chi connectivity index (χ0) is 10.8. The van der Waals surface area contributed by atoms with Crippen LogP contribution >= 0.6 is 19.4 Å². The molecule has 14 heavy (non-hydrogen) atoms. The fraction of sp³-hybridized carbons (Fsp3) is 1.00. The summed E-state index contributed by atoms with van der Waals surface area (Å²) in [5.74, 6) is 0. The van der Waals surface area contributed by atoms with Crippen LogP contribution in [-0.2, 0) is 4.57 Å². The molecule has 0 heterocycles. The Hall–Kier alpha value is 0.420. The fourth-order valence-corrected chi connectivity index (χ4v) is 3.89. The van der Waals surface area contributed by atoms with Crippen LogP contribution in [0.5, 0.6) is 0 Å². The Morgan fingerprint density at radius 3 is 2.29 bits per heavy atom. The van der Waals surface area contributed by atoms with Crippen LogP contribution in [0.2, 0.25) is 0 Å². The van der Waals surface area contributed by atoms with Crippen LogP contribution < -0.4 is 5.73 Å². The molecule has 0 radical (unpaired) electrons. The van der Waals surface area contributed by atoms with Crippen molar-refractivity contribution in [3.8, 4) is 0 Å². The summed E-state index contributed by atoms with van der Waals surface area (Å²) in [5, 5.41) is 9.11. The fourth-order valence-electron chi connectivity index (χ4n) is 1.49. The first-order valence-electron chi connectivity index (χ1n) is 4.52. The molecule has 5 N–H and O–H groups in total. The second-order valence-electron chi connectivity index (χ2n) is 3.57. The number of rotatable bonds is 4. The lowest BCUT2D eigenvalue weighted by Gasteiger charge is -2.29. The molecular weight excluding hydrogens is 225 g/mol. The Labute approximate surface area is 87.2 Å². The van der Waals surface area contributed by atoms with E-state index in [4.69, 9.17) is 20.6 Å². The quantitative estimate of drug-likeness (QED) is 0.420. The third-order valence-corrected chi connectivity index (χ3v) is 5.89. The average Bonchev–Trinajstić information content (AvgIpc) is 2.54. The lowest BCUT2D eigenvalue weighted by atomic mass is 10.4. The van der Waals surface area contributed by atoms with Gasteiger partial charge in [-0.05, 0) is 12.8 Å². The van der Waals surface area contributed by atoms with Gasteiger partial charge in [-0.25, -0.2) is 0 Å². The summed E-state index contributed by atoms with van der Waals surface area (Å²) in [5.41, 5.74) is 5.50. The molecule has 0 aliphatic heterocycles. The molecule has 0 spiro atoms. The van der Waals surface area contributed by atoms with E-state index in [-0.39, 0.29) is 5.25 Å². The van der Waals surface area contributed by atoms with Crippen molar-refractivity contribution in [3.05, 3.63) is 0 Å². The third-order valence-electron chi connectivity index (χ3n) is 2.39. The predicted octanol–water partition coefficient (Wildman–Crippen LogP) is 0.445. The zero-order valence-corrected chi connectivity index (χ0v) is 9.51. The molecule has 1 fully saturated rings. The van der Waals surface area contributed by atoms with Crippen molar-refractivity contribution >= 4 is 19.4 Å². The minimum atomic E-state index is -4.45. The van der Waals surface area contributed by atoms with Crippen LogP contribution in [0.3, 0.4) is 0 Å². The lowest BCUT2D eigenvalue weighted by molar-refractivity contribution is 0.254. The van der Waals surface area contributed by atoms with E-state index >= 15 is 0 Å². The van der Waals surface area contributed by atoms with Crippen molar-refractivity contribution in [1.29, 1.82) is 0 Å². The maximum absolute atomic E-state index is 11.1. The molecule has 0 bridgehead atoms. The summed E-state index contributed by atoms with van der Waals surface area (Å²) < 4.78 is 9.24. The van der Waals surface area contributed by atoms with E-state index < -0.39 is 18.8 Å². The van der Waals surface area contributed by atoms with Crippen LogP contribution in [0.15, 0.2) is 0 Å². The molecular formula is C7H16NO4PS. The van der Waals surface area contributed by atoms with Gasteiger partial charge in [-0.3, -0.25) is 4.57 Å². The standard InChI is InChI=1S/C7H16NO4PS/c8-7(5-9,13(10,11)12)14-6-3-1-2-4-6/h6,9H,1-5,8H2,(H2,10,11,12). The van der Waals surface area contributed by atoms with Gasteiger partial charge in [0.15, 0.2) is 4.61 Å². The Bertz CT molecular complexity index is 240. The second-order valence-corrected chi connectivity index (χ2v) is 7.39. The molecule has 0 aromatic rings. The summed E-state index contributed by atoms with van der Waals surface area (Å²) in [6, 6.07) is 0. The molecule has 84 valence electrons. The van der Waals surface area contributed by atoms with Gasteiger partial charge in [0.2, 0.25) is 0 Å². The Kier molecular flexibility index (Phi) is 4.03. The molecule has 0 aromatic carbocycles. The van der Waals surface area contributed by atoms with Crippen molar-refractivity contribution in [1.82, 2.24) is 0 Å². The van der Waals surface area contributed by atoms with Crippen molar-refractivity contribution in [2.24, 2.45) is 5.73 Å². The molecule has 0 aromatic heterocycles. The van der Waals surface area contributed by atoms with E-state index in [1.165, 1.54) is 0 Å². The summed E-state index contributed by atoms with van der Waals surface area (Å²) in [4.78, 5) is 18.0. The van der Waals surface area contributed by atoms with E-state index in [2.05, 4.69) is 0 Å². The van der Waals surface area contributed by atoms with Gasteiger partial charge in [-0.1, -0.05) is 12.8 Å². The van der Waals surface area contributed by atoms with Crippen molar-refractivity contribution < 1.29 is 19.5 Å². The number of nitrogens with two attached hydrogens (primary N) is 1. The van der Waals surface area contributed by atoms with E-state index in [1.807, 2.05) is 0 Å². The summed E-state index contributed by atoms with van der Waals surface area (Å²) in [6.45, 7) is -0.696. The van der Waals surface area contributed by atoms with E-state index in [1.54, 1.807) is 0 Å². The van der Waals surface area contributed by atoms with Crippen LogP contribution in [-0.4, -0.2) is 31.4 Å². The highest BCUT2D eigenvalue weighted by molar-refractivity contribution is 8.06. The van der Waals surface area contributed by atoms with Gasteiger partial charge >= 0.3 is 7.60 Å². The summed E-state index contributed by atoms with van der Waals surface area (Å²) in [6.07, 6.45) is 3.98. The number of hydrogen-bond acceptors (Lipinski definition) is 4. The van der Waals surface area contributed by atoms with Gasteiger partial charge in [-0.15, -0.1) is 11.8 Å². The first kappa shape index (κ1) is 12.5. The highest BCUT2D eigenvalue weighted by Gasteiger charge is 2.45. The molecule has 1 rings (SSSR count). The monoisotopic (exact) mass is 241 g/mol. The molecule has 1 saturated carbocycles. The SMILES string of the molecule is NC(CO)(SC1CCCC1)P(=O)(O)O. The van der Waals surface area contributed by atoms with Crippen molar-refractivity contribution in [2.75, 3.05) is 6.61 Å². The molecule has 0 amide bonds. The third kappa shape index (κ3) is 2.72. The second kappa shape index (κ2) is 4.51. The Morgan fingerprint density at radius 1 is 1.43 bits per heavy atom. The van der Waals surface area contributed by atoms with Gasteiger partial charge in [0.05, 0.1) is 6.61 Å². The minimum absolute atomic E-state index is 0.166. The normalized spacial score (nSPS) is 23.7. The maximum atomic E-state index is 11.1. The minimum Gasteiger partial charge on any atom is -0.393 e.